The van der Waals surface area contributed by atoms with Gasteiger partial charge in [0.2, 0.25) is 10.0 Å². The van der Waals surface area contributed by atoms with Gasteiger partial charge in [0.15, 0.2) is 0 Å². The SMILES string of the molecule is COc1ccc(F)cc1S(=O)(=O)NCCn1ncc2c1CCOC2. The minimum Gasteiger partial charge on any atom is -0.495 e. The zero-order valence-corrected chi connectivity index (χ0v) is 14.0. The number of ether oxygens (including phenoxy) is 2. The van der Waals surface area contributed by atoms with Gasteiger partial charge in [-0.3, -0.25) is 4.68 Å². The van der Waals surface area contributed by atoms with Gasteiger partial charge in [0, 0.05) is 24.2 Å². The zero-order valence-electron chi connectivity index (χ0n) is 13.2. The molecule has 3 rings (SSSR count). The predicted octanol–water partition coefficient (Wildman–Crippen LogP) is 1.08. The quantitative estimate of drug-likeness (QED) is 0.839. The van der Waals surface area contributed by atoms with E-state index in [4.69, 9.17) is 9.47 Å². The summed E-state index contributed by atoms with van der Waals surface area (Å²) in [7, 11) is -2.54. The standard InChI is InChI=1S/C15H18FN3O4S/c1-22-14-3-2-12(16)8-15(14)24(20,21)18-5-6-19-13-4-7-23-10-11(13)9-17-19/h2-3,8-9,18H,4-7,10H2,1H3. The van der Waals surface area contributed by atoms with E-state index in [1.807, 2.05) is 0 Å². The van der Waals surface area contributed by atoms with Crippen LogP contribution in [0.5, 0.6) is 5.75 Å². The van der Waals surface area contributed by atoms with E-state index >= 15 is 0 Å². The number of sulfonamides is 1. The van der Waals surface area contributed by atoms with Crippen molar-refractivity contribution in [1.82, 2.24) is 14.5 Å². The Hall–Kier alpha value is -1.97. The first-order chi connectivity index (χ1) is 11.5. The number of nitrogens with one attached hydrogen (secondary N) is 1. The number of benzene rings is 1. The highest BCUT2D eigenvalue weighted by Gasteiger charge is 2.21. The Morgan fingerprint density at radius 1 is 1.46 bits per heavy atom. The highest BCUT2D eigenvalue weighted by atomic mass is 32.2. The van der Waals surface area contributed by atoms with E-state index in [-0.39, 0.29) is 17.2 Å². The van der Waals surface area contributed by atoms with Gasteiger partial charge in [0.25, 0.3) is 0 Å². The Morgan fingerprint density at radius 2 is 2.29 bits per heavy atom. The van der Waals surface area contributed by atoms with Gasteiger partial charge in [-0.25, -0.2) is 17.5 Å². The van der Waals surface area contributed by atoms with Crippen LogP contribution >= 0.6 is 0 Å². The van der Waals surface area contributed by atoms with Crippen LogP contribution in [0.15, 0.2) is 29.3 Å². The molecule has 0 saturated carbocycles. The van der Waals surface area contributed by atoms with Crippen LogP contribution in [0.1, 0.15) is 11.3 Å². The van der Waals surface area contributed by atoms with Gasteiger partial charge in [-0.2, -0.15) is 5.10 Å². The van der Waals surface area contributed by atoms with Gasteiger partial charge in [-0.05, 0) is 18.2 Å². The molecule has 0 aliphatic carbocycles. The van der Waals surface area contributed by atoms with Crippen LogP contribution in [0.4, 0.5) is 4.39 Å². The molecule has 1 aliphatic heterocycles. The number of fused-ring (bicyclic) bond motifs is 1. The molecule has 1 aromatic heterocycles. The number of nitrogens with zero attached hydrogens (tertiary/aromatic N) is 2. The average molecular weight is 355 g/mol. The minimum atomic E-state index is -3.88. The van der Waals surface area contributed by atoms with Crippen molar-refractivity contribution in [3.05, 3.63) is 41.5 Å². The fraction of sp³-hybridized carbons (Fsp3) is 0.400. The first-order valence-corrected chi connectivity index (χ1v) is 8.94. The number of aromatic nitrogens is 2. The van der Waals surface area contributed by atoms with Crippen molar-refractivity contribution < 1.29 is 22.3 Å². The summed E-state index contributed by atoms with van der Waals surface area (Å²) in [5, 5.41) is 4.26. The number of hydrogen-bond donors (Lipinski definition) is 1. The summed E-state index contributed by atoms with van der Waals surface area (Å²) in [6.45, 7) is 1.68. The van der Waals surface area contributed by atoms with Gasteiger partial charge < -0.3 is 9.47 Å². The van der Waals surface area contributed by atoms with Crippen LogP contribution in [0.2, 0.25) is 0 Å². The summed E-state index contributed by atoms with van der Waals surface area (Å²) in [6, 6.07) is 3.37. The Bertz CT molecular complexity index is 835. The maximum atomic E-state index is 13.4. The van der Waals surface area contributed by atoms with Crippen LogP contribution in [-0.4, -0.2) is 38.5 Å². The topological polar surface area (TPSA) is 82.5 Å². The van der Waals surface area contributed by atoms with Crippen LogP contribution in [0.3, 0.4) is 0 Å². The molecule has 0 unspecified atom stereocenters. The Kier molecular flexibility index (Phi) is 4.83. The smallest absolute Gasteiger partial charge is 0.244 e. The van der Waals surface area contributed by atoms with E-state index in [0.717, 1.165) is 29.8 Å². The molecule has 0 atom stereocenters. The van der Waals surface area contributed by atoms with Crippen LogP contribution in [0, 0.1) is 5.82 Å². The van der Waals surface area contributed by atoms with Gasteiger partial charge >= 0.3 is 0 Å². The monoisotopic (exact) mass is 355 g/mol. The second kappa shape index (κ2) is 6.88. The number of halogens is 1. The number of rotatable bonds is 6. The largest absolute Gasteiger partial charge is 0.495 e. The normalized spacial score (nSPS) is 14.4. The highest BCUT2D eigenvalue weighted by molar-refractivity contribution is 7.89. The van der Waals surface area contributed by atoms with Gasteiger partial charge in [0.05, 0.1) is 33.1 Å². The Labute approximate surface area is 139 Å². The summed E-state index contributed by atoms with van der Waals surface area (Å²) < 4.78 is 52.7. The first kappa shape index (κ1) is 16.9. The number of methoxy groups -OCH3 is 1. The molecule has 7 nitrogen and oxygen atoms in total. The molecule has 2 aromatic rings. The molecular weight excluding hydrogens is 337 g/mol. The van der Waals surface area contributed by atoms with E-state index in [0.29, 0.717) is 19.8 Å². The third-order valence-corrected chi connectivity index (χ3v) is 5.29. The molecular formula is C15H18FN3O4S. The fourth-order valence-corrected chi connectivity index (χ4v) is 3.83. The fourth-order valence-electron chi connectivity index (χ4n) is 2.63. The van der Waals surface area contributed by atoms with E-state index in [2.05, 4.69) is 9.82 Å². The van der Waals surface area contributed by atoms with Crippen molar-refractivity contribution in [3.8, 4) is 5.75 Å². The third-order valence-electron chi connectivity index (χ3n) is 3.81. The van der Waals surface area contributed by atoms with Crippen molar-refractivity contribution in [3.63, 3.8) is 0 Å². The van der Waals surface area contributed by atoms with E-state index < -0.39 is 15.8 Å². The molecule has 130 valence electrons. The van der Waals surface area contributed by atoms with Crippen LogP contribution < -0.4 is 9.46 Å². The lowest BCUT2D eigenvalue weighted by Crippen LogP contribution is -2.29. The van der Waals surface area contributed by atoms with E-state index in [9.17, 15) is 12.8 Å². The van der Waals surface area contributed by atoms with Crippen molar-refractivity contribution in [2.45, 2.75) is 24.5 Å². The molecule has 0 radical (unpaired) electrons. The minimum absolute atomic E-state index is 0.0949. The van der Waals surface area contributed by atoms with Gasteiger partial charge in [-0.1, -0.05) is 0 Å². The molecule has 0 fully saturated rings. The molecule has 1 N–H and O–H groups in total. The third kappa shape index (κ3) is 3.42. The van der Waals surface area contributed by atoms with Crippen molar-refractivity contribution in [2.24, 2.45) is 0 Å². The average Bonchev–Trinajstić information content (AvgIpc) is 2.98. The molecule has 24 heavy (non-hydrogen) atoms. The summed E-state index contributed by atoms with van der Waals surface area (Å²) >= 11 is 0. The lowest BCUT2D eigenvalue weighted by Gasteiger charge is -2.15. The van der Waals surface area contributed by atoms with Gasteiger partial charge in [-0.15, -0.1) is 0 Å². The summed E-state index contributed by atoms with van der Waals surface area (Å²) in [5.74, 6) is -0.546. The molecule has 1 aromatic carbocycles. The lowest BCUT2D eigenvalue weighted by molar-refractivity contribution is 0.109. The second-order valence-electron chi connectivity index (χ2n) is 5.34. The molecule has 0 saturated heterocycles. The van der Waals surface area contributed by atoms with Crippen molar-refractivity contribution >= 4 is 10.0 Å². The second-order valence-corrected chi connectivity index (χ2v) is 7.07. The summed E-state index contributed by atoms with van der Waals surface area (Å²) in [5.41, 5.74) is 2.08. The zero-order chi connectivity index (χ0) is 17.2. The maximum Gasteiger partial charge on any atom is 0.244 e. The van der Waals surface area contributed by atoms with Gasteiger partial charge in [0.1, 0.15) is 16.5 Å². The molecule has 1 aliphatic rings. The lowest BCUT2D eigenvalue weighted by atomic mass is 10.2. The summed E-state index contributed by atoms with van der Waals surface area (Å²) in [4.78, 5) is -0.221. The Balaban J connectivity index is 1.70. The molecule has 2 heterocycles. The predicted molar refractivity (Wildman–Crippen MR) is 83.7 cm³/mol. The summed E-state index contributed by atoms with van der Waals surface area (Å²) in [6.07, 6.45) is 2.48. The molecule has 0 amide bonds. The molecule has 9 heteroatoms. The van der Waals surface area contributed by atoms with Crippen LogP contribution in [0.25, 0.3) is 0 Å². The first-order valence-electron chi connectivity index (χ1n) is 7.46. The Morgan fingerprint density at radius 3 is 3.08 bits per heavy atom. The van der Waals surface area contributed by atoms with E-state index in [1.54, 1.807) is 10.9 Å². The van der Waals surface area contributed by atoms with Crippen molar-refractivity contribution in [2.75, 3.05) is 20.3 Å². The molecule has 0 spiro atoms. The van der Waals surface area contributed by atoms with Crippen LogP contribution in [-0.2, 0) is 34.3 Å². The number of hydrogen-bond acceptors (Lipinski definition) is 5. The van der Waals surface area contributed by atoms with Crippen molar-refractivity contribution in [1.29, 1.82) is 0 Å². The maximum absolute atomic E-state index is 13.4. The molecule has 0 bridgehead atoms. The highest BCUT2D eigenvalue weighted by Crippen LogP contribution is 2.24. The van der Waals surface area contributed by atoms with E-state index in [1.165, 1.54) is 13.2 Å².